The Balaban J connectivity index is 1.93. The summed E-state index contributed by atoms with van der Waals surface area (Å²) in [7, 11) is 1.70. The molecule has 0 bridgehead atoms. The van der Waals surface area contributed by atoms with Gasteiger partial charge in [-0.3, -0.25) is 0 Å². The van der Waals surface area contributed by atoms with Crippen molar-refractivity contribution in [3.8, 4) is 0 Å². The molecule has 1 fully saturated rings. The van der Waals surface area contributed by atoms with E-state index in [1.807, 2.05) is 6.92 Å². The lowest BCUT2D eigenvalue weighted by atomic mass is 10.2. The molecule has 1 heterocycles. The molecule has 1 rings (SSSR count). The second-order valence-electron chi connectivity index (χ2n) is 2.66. The predicted molar refractivity (Wildman–Crippen MR) is 39.1 cm³/mol. The molecule has 3 heteroatoms. The summed E-state index contributed by atoms with van der Waals surface area (Å²) in [6.07, 6.45) is 0.651. The van der Waals surface area contributed by atoms with Crippen LogP contribution in [0.4, 0.5) is 0 Å². The van der Waals surface area contributed by atoms with E-state index in [9.17, 15) is 0 Å². The van der Waals surface area contributed by atoms with Crippen molar-refractivity contribution in [3.05, 3.63) is 0 Å². The third-order valence-electron chi connectivity index (χ3n) is 1.71. The maximum atomic E-state index is 5.44. The smallest absolute Gasteiger partial charge is 0.0824 e. The summed E-state index contributed by atoms with van der Waals surface area (Å²) in [5.74, 6) is 0. The van der Waals surface area contributed by atoms with Gasteiger partial charge in [0, 0.05) is 20.2 Å². The summed E-state index contributed by atoms with van der Waals surface area (Å²) in [6.45, 7) is 4.71. The highest BCUT2D eigenvalue weighted by atomic mass is 16.5. The molecule has 1 atom stereocenters. The summed E-state index contributed by atoms with van der Waals surface area (Å²) < 4.78 is 10.5. The van der Waals surface area contributed by atoms with Gasteiger partial charge in [0.15, 0.2) is 0 Å². The number of ether oxygens (including phenoxy) is 2. The fourth-order valence-electron chi connectivity index (χ4n) is 0.720. The third-order valence-corrected chi connectivity index (χ3v) is 1.71. The van der Waals surface area contributed by atoms with E-state index in [0.29, 0.717) is 12.7 Å². The molecule has 0 aromatic rings. The van der Waals surface area contributed by atoms with Gasteiger partial charge in [-0.1, -0.05) is 0 Å². The second kappa shape index (κ2) is 3.91. The first-order chi connectivity index (χ1) is 4.83. The first-order valence-corrected chi connectivity index (χ1v) is 3.68. The first-order valence-electron chi connectivity index (χ1n) is 3.68. The van der Waals surface area contributed by atoms with Crippen LogP contribution >= 0.6 is 0 Å². The molecule has 0 radical (unpaired) electrons. The average molecular weight is 145 g/mol. The van der Waals surface area contributed by atoms with E-state index in [2.05, 4.69) is 5.32 Å². The summed E-state index contributed by atoms with van der Waals surface area (Å²) in [5, 5.41) is 3.14. The summed E-state index contributed by atoms with van der Waals surface area (Å²) >= 11 is 0. The highest BCUT2D eigenvalue weighted by molar-refractivity contribution is 4.74. The van der Waals surface area contributed by atoms with Gasteiger partial charge < -0.3 is 14.8 Å². The molecule has 1 aliphatic heterocycles. The van der Waals surface area contributed by atoms with Crippen LogP contribution in [0.25, 0.3) is 0 Å². The minimum Gasteiger partial charge on any atom is -0.379 e. The Hall–Kier alpha value is -0.120. The van der Waals surface area contributed by atoms with Crippen molar-refractivity contribution in [1.82, 2.24) is 5.32 Å². The molecule has 3 nitrogen and oxygen atoms in total. The Bertz CT molecular complexity index is 88.9. The fraction of sp³-hybridized carbons (Fsp3) is 1.00. The topological polar surface area (TPSA) is 30.5 Å². The molecule has 1 N–H and O–H groups in total. The molecule has 0 amide bonds. The Morgan fingerprint density at radius 3 is 2.70 bits per heavy atom. The molecule has 0 saturated carbocycles. The van der Waals surface area contributed by atoms with Crippen LogP contribution in [-0.2, 0) is 9.47 Å². The molecule has 1 saturated heterocycles. The summed E-state index contributed by atoms with van der Waals surface area (Å²) in [4.78, 5) is 0. The second-order valence-corrected chi connectivity index (χ2v) is 2.66. The van der Waals surface area contributed by atoms with Crippen LogP contribution in [0.15, 0.2) is 0 Å². The van der Waals surface area contributed by atoms with Crippen molar-refractivity contribution < 1.29 is 9.47 Å². The highest BCUT2D eigenvalue weighted by Gasteiger charge is 2.17. The van der Waals surface area contributed by atoms with Crippen LogP contribution < -0.4 is 5.32 Å². The van der Waals surface area contributed by atoms with Crippen molar-refractivity contribution in [1.29, 1.82) is 0 Å². The Morgan fingerprint density at radius 2 is 2.30 bits per heavy atom. The lowest BCUT2D eigenvalue weighted by Crippen LogP contribution is -2.49. The van der Waals surface area contributed by atoms with E-state index < -0.39 is 0 Å². The number of hydrogen-bond acceptors (Lipinski definition) is 3. The SMILES string of the molecule is COC(C)COC1CNC1. The van der Waals surface area contributed by atoms with Gasteiger partial charge in [-0.2, -0.15) is 0 Å². The maximum Gasteiger partial charge on any atom is 0.0824 e. The van der Waals surface area contributed by atoms with Crippen LogP contribution in [0.2, 0.25) is 0 Å². The van der Waals surface area contributed by atoms with E-state index >= 15 is 0 Å². The summed E-state index contributed by atoms with van der Waals surface area (Å²) in [6, 6.07) is 0. The van der Waals surface area contributed by atoms with Crippen molar-refractivity contribution >= 4 is 0 Å². The van der Waals surface area contributed by atoms with Crippen molar-refractivity contribution in [2.24, 2.45) is 0 Å². The van der Waals surface area contributed by atoms with Crippen molar-refractivity contribution in [3.63, 3.8) is 0 Å². The highest BCUT2D eigenvalue weighted by Crippen LogP contribution is 1.99. The maximum absolute atomic E-state index is 5.44. The largest absolute Gasteiger partial charge is 0.379 e. The van der Waals surface area contributed by atoms with Gasteiger partial charge in [0.1, 0.15) is 0 Å². The van der Waals surface area contributed by atoms with E-state index in [4.69, 9.17) is 9.47 Å². The minimum atomic E-state index is 0.223. The Kier molecular flexibility index (Phi) is 3.12. The van der Waals surface area contributed by atoms with Crippen LogP contribution in [0.5, 0.6) is 0 Å². The van der Waals surface area contributed by atoms with Crippen molar-refractivity contribution in [2.45, 2.75) is 19.1 Å². The molecule has 1 aliphatic rings. The zero-order valence-corrected chi connectivity index (χ0v) is 6.59. The molecule has 10 heavy (non-hydrogen) atoms. The quantitative estimate of drug-likeness (QED) is 0.604. The molecule has 0 spiro atoms. The summed E-state index contributed by atoms with van der Waals surface area (Å²) in [5.41, 5.74) is 0. The van der Waals surface area contributed by atoms with Crippen LogP contribution in [0.3, 0.4) is 0 Å². The monoisotopic (exact) mass is 145 g/mol. The van der Waals surface area contributed by atoms with Gasteiger partial charge >= 0.3 is 0 Å². The number of methoxy groups -OCH3 is 1. The van der Waals surface area contributed by atoms with E-state index in [1.165, 1.54) is 0 Å². The molecular formula is C7H15NO2. The number of hydrogen-bond donors (Lipinski definition) is 1. The molecule has 1 unspecified atom stereocenters. The predicted octanol–water partition coefficient (Wildman–Crippen LogP) is 0.00970. The average Bonchev–Trinajstić information content (AvgIpc) is 1.84. The zero-order valence-electron chi connectivity index (χ0n) is 6.59. The normalized spacial score (nSPS) is 22.2. The van der Waals surface area contributed by atoms with Crippen molar-refractivity contribution in [2.75, 3.05) is 26.8 Å². The molecule has 0 aliphatic carbocycles. The number of nitrogens with one attached hydrogen (secondary N) is 1. The van der Waals surface area contributed by atoms with Gasteiger partial charge in [0.25, 0.3) is 0 Å². The van der Waals surface area contributed by atoms with Crippen LogP contribution in [0.1, 0.15) is 6.92 Å². The van der Waals surface area contributed by atoms with E-state index in [-0.39, 0.29) is 6.10 Å². The van der Waals surface area contributed by atoms with Gasteiger partial charge in [-0.25, -0.2) is 0 Å². The lowest BCUT2D eigenvalue weighted by molar-refractivity contribution is -0.0377. The Labute approximate surface area is 61.7 Å². The van der Waals surface area contributed by atoms with Crippen LogP contribution in [-0.4, -0.2) is 39.0 Å². The zero-order chi connectivity index (χ0) is 7.40. The van der Waals surface area contributed by atoms with Gasteiger partial charge in [-0.15, -0.1) is 0 Å². The minimum absolute atomic E-state index is 0.223. The fourth-order valence-corrected chi connectivity index (χ4v) is 0.720. The Morgan fingerprint density at radius 1 is 1.60 bits per heavy atom. The lowest BCUT2D eigenvalue weighted by Gasteiger charge is -2.28. The molecule has 60 valence electrons. The molecule has 0 aromatic heterocycles. The van der Waals surface area contributed by atoms with E-state index in [0.717, 1.165) is 13.1 Å². The first kappa shape index (κ1) is 7.98. The standard InChI is InChI=1S/C7H15NO2/c1-6(9-2)5-10-7-3-8-4-7/h6-8H,3-5H2,1-2H3. The molecular weight excluding hydrogens is 130 g/mol. The molecule has 0 aromatic carbocycles. The number of rotatable bonds is 4. The van der Waals surface area contributed by atoms with Gasteiger partial charge in [0.05, 0.1) is 18.8 Å². The van der Waals surface area contributed by atoms with E-state index in [1.54, 1.807) is 7.11 Å². The van der Waals surface area contributed by atoms with Crippen LogP contribution in [0, 0.1) is 0 Å². The third kappa shape index (κ3) is 2.25. The van der Waals surface area contributed by atoms with Gasteiger partial charge in [0.2, 0.25) is 0 Å². The van der Waals surface area contributed by atoms with Gasteiger partial charge in [-0.05, 0) is 6.92 Å².